The highest BCUT2D eigenvalue weighted by Crippen LogP contribution is 2.28. The van der Waals surface area contributed by atoms with Gasteiger partial charge in [0.2, 0.25) is 0 Å². The Morgan fingerprint density at radius 2 is 2.10 bits per heavy atom. The van der Waals surface area contributed by atoms with Crippen molar-refractivity contribution in [2.45, 2.75) is 38.4 Å². The quantitative estimate of drug-likeness (QED) is 0.607. The van der Waals surface area contributed by atoms with Gasteiger partial charge in [-0.2, -0.15) is 13.2 Å². The van der Waals surface area contributed by atoms with E-state index in [0.29, 0.717) is 12.1 Å². The van der Waals surface area contributed by atoms with Gasteiger partial charge in [0.1, 0.15) is 5.02 Å². The molecule has 0 saturated heterocycles. The first-order chi connectivity index (χ1) is 9.19. The first kappa shape index (κ1) is 16.6. The lowest BCUT2D eigenvalue weighted by Gasteiger charge is -2.15. The zero-order valence-electron chi connectivity index (χ0n) is 10.7. The molecule has 0 spiro atoms. The van der Waals surface area contributed by atoms with Crippen LogP contribution in [-0.2, 0) is 0 Å². The Labute approximate surface area is 119 Å². The third-order valence-corrected chi connectivity index (χ3v) is 2.97. The number of anilines is 1. The molecule has 1 aromatic carbocycles. The smallest absolute Gasteiger partial charge is 0.382 e. The normalized spacial score (nSPS) is 13.1. The van der Waals surface area contributed by atoms with Crippen LogP contribution in [0.3, 0.4) is 0 Å². The first-order valence-corrected chi connectivity index (χ1v) is 6.34. The van der Waals surface area contributed by atoms with Crippen LogP contribution < -0.4 is 5.32 Å². The number of halogens is 4. The minimum absolute atomic E-state index is 0.00729. The fraction of sp³-hybridized carbons (Fsp3) is 0.500. The SMILES string of the molecule is CC(CCCC(F)(F)F)Nc1ccc(Cl)c([N+](=O)[O-])c1. The number of rotatable bonds is 6. The second-order valence-corrected chi connectivity index (χ2v) is 4.88. The number of nitrogens with one attached hydrogen (secondary N) is 1. The lowest BCUT2D eigenvalue weighted by Crippen LogP contribution is -2.16. The summed E-state index contributed by atoms with van der Waals surface area (Å²) in [4.78, 5) is 10.1. The van der Waals surface area contributed by atoms with Crippen molar-refractivity contribution in [1.29, 1.82) is 0 Å². The van der Waals surface area contributed by atoms with E-state index in [2.05, 4.69) is 5.32 Å². The molecule has 0 aliphatic rings. The molecule has 0 amide bonds. The number of nitro benzene ring substituents is 1. The number of hydrogen-bond donors (Lipinski definition) is 1. The highest BCUT2D eigenvalue weighted by molar-refractivity contribution is 6.32. The Bertz CT molecular complexity index is 480. The van der Waals surface area contributed by atoms with Crippen molar-refractivity contribution in [3.63, 3.8) is 0 Å². The van der Waals surface area contributed by atoms with Crippen molar-refractivity contribution in [2.75, 3.05) is 5.32 Å². The van der Waals surface area contributed by atoms with Gasteiger partial charge in [0.25, 0.3) is 5.69 Å². The molecular weight excluding hydrogens is 297 g/mol. The molecule has 0 heterocycles. The van der Waals surface area contributed by atoms with Gasteiger partial charge in [0, 0.05) is 24.2 Å². The fourth-order valence-electron chi connectivity index (χ4n) is 1.71. The summed E-state index contributed by atoms with van der Waals surface area (Å²) in [6, 6.07) is 3.97. The largest absolute Gasteiger partial charge is 0.389 e. The molecule has 1 unspecified atom stereocenters. The highest BCUT2D eigenvalue weighted by atomic mass is 35.5. The van der Waals surface area contributed by atoms with Crippen LogP contribution in [0.4, 0.5) is 24.5 Å². The second kappa shape index (κ2) is 6.78. The van der Waals surface area contributed by atoms with E-state index in [-0.39, 0.29) is 23.2 Å². The molecule has 0 saturated carbocycles. The van der Waals surface area contributed by atoms with Gasteiger partial charge in [-0.25, -0.2) is 0 Å². The number of alkyl halides is 3. The van der Waals surface area contributed by atoms with Gasteiger partial charge < -0.3 is 5.32 Å². The average Bonchev–Trinajstić information content (AvgIpc) is 2.29. The van der Waals surface area contributed by atoms with Crippen LogP contribution >= 0.6 is 11.6 Å². The molecule has 0 radical (unpaired) electrons. The average molecular weight is 311 g/mol. The van der Waals surface area contributed by atoms with Crippen molar-refractivity contribution >= 4 is 23.0 Å². The van der Waals surface area contributed by atoms with Crippen molar-refractivity contribution in [3.05, 3.63) is 33.3 Å². The molecular formula is C12H14ClF3N2O2. The van der Waals surface area contributed by atoms with E-state index in [1.165, 1.54) is 12.1 Å². The Morgan fingerprint density at radius 1 is 1.45 bits per heavy atom. The summed E-state index contributed by atoms with van der Waals surface area (Å²) in [5.41, 5.74) is 0.222. The zero-order valence-corrected chi connectivity index (χ0v) is 11.5. The summed E-state index contributed by atoms with van der Waals surface area (Å²) < 4.78 is 36.0. The van der Waals surface area contributed by atoms with Crippen LogP contribution in [0, 0.1) is 10.1 Å². The van der Waals surface area contributed by atoms with Gasteiger partial charge in [-0.1, -0.05) is 11.6 Å². The summed E-state index contributed by atoms with van der Waals surface area (Å²) in [6.45, 7) is 1.72. The van der Waals surface area contributed by atoms with E-state index in [0.717, 1.165) is 0 Å². The monoisotopic (exact) mass is 310 g/mol. The first-order valence-electron chi connectivity index (χ1n) is 5.96. The Kier molecular flexibility index (Phi) is 5.62. The van der Waals surface area contributed by atoms with Gasteiger partial charge in [0.15, 0.2) is 0 Å². The maximum absolute atomic E-state index is 12.0. The molecule has 0 aliphatic heterocycles. The Morgan fingerprint density at radius 3 is 2.65 bits per heavy atom. The number of nitro groups is 1. The van der Waals surface area contributed by atoms with Crippen LogP contribution in [0.1, 0.15) is 26.2 Å². The molecule has 112 valence electrons. The van der Waals surface area contributed by atoms with E-state index in [9.17, 15) is 23.3 Å². The predicted molar refractivity (Wildman–Crippen MR) is 71.1 cm³/mol. The fourth-order valence-corrected chi connectivity index (χ4v) is 1.89. The van der Waals surface area contributed by atoms with Gasteiger partial charge in [0.05, 0.1) is 4.92 Å². The molecule has 1 rings (SSSR count). The molecule has 1 aromatic rings. The van der Waals surface area contributed by atoms with E-state index in [4.69, 9.17) is 11.6 Å². The lowest BCUT2D eigenvalue weighted by atomic mass is 10.1. The maximum atomic E-state index is 12.0. The third-order valence-electron chi connectivity index (χ3n) is 2.65. The summed E-state index contributed by atoms with van der Waals surface area (Å²) in [7, 11) is 0. The van der Waals surface area contributed by atoms with Crippen LogP contribution in [0.15, 0.2) is 18.2 Å². The van der Waals surface area contributed by atoms with Crippen molar-refractivity contribution in [2.24, 2.45) is 0 Å². The van der Waals surface area contributed by atoms with Gasteiger partial charge >= 0.3 is 6.18 Å². The molecule has 20 heavy (non-hydrogen) atoms. The zero-order chi connectivity index (χ0) is 15.3. The van der Waals surface area contributed by atoms with Crippen LogP contribution in [0.2, 0.25) is 5.02 Å². The molecule has 1 N–H and O–H groups in total. The summed E-state index contributed by atoms with van der Waals surface area (Å²) in [6.07, 6.45) is -4.66. The van der Waals surface area contributed by atoms with Crippen molar-refractivity contribution in [1.82, 2.24) is 0 Å². The van der Waals surface area contributed by atoms with Crippen LogP contribution in [0.25, 0.3) is 0 Å². The Balaban J connectivity index is 2.56. The number of hydrogen-bond acceptors (Lipinski definition) is 3. The van der Waals surface area contributed by atoms with Crippen molar-refractivity contribution < 1.29 is 18.1 Å². The standard InChI is InChI=1S/C12H14ClF3N2O2/c1-8(3-2-6-12(14,15)16)17-9-4-5-10(13)11(7-9)18(19)20/h4-5,7-8,17H,2-3,6H2,1H3. The van der Waals surface area contributed by atoms with Gasteiger partial charge in [-0.15, -0.1) is 0 Å². The van der Waals surface area contributed by atoms with E-state index in [1.807, 2.05) is 0 Å². The van der Waals surface area contributed by atoms with E-state index >= 15 is 0 Å². The van der Waals surface area contributed by atoms with E-state index in [1.54, 1.807) is 13.0 Å². The maximum Gasteiger partial charge on any atom is 0.389 e. The number of nitrogens with zero attached hydrogens (tertiary/aromatic N) is 1. The molecule has 0 aromatic heterocycles. The van der Waals surface area contributed by atoms with Gasteiger partial charge in [-0.05, 0) is 31.9 Å². The van der Waals surface area contributed by atoms with Gasteiger partial charge in [-0.3, -0.25) is 10.1 Å². The summed E-state index contributed by atoms with van der Waals surface area (Å²) >= 11 is 5.67. The summed E-state index contributed by atoms with van der Waals surface area (Å²) in [5.74, 6) is 0. The second-order valence-electron chi connectivity index (χ2n) is 4.48. The molecule has 0 fully saturated rings. The van der Waals surface area contributed by atoms with Crippen LogP contribution in [0.5, 0.6) is 0 Å². The molecule has 0 bridgehead atoms. The number of benzene rings is 1. The van der Waals surface area contributed by atoms with Crippen LogP contribution in [-0.4, -0.2) is 17.1 Å². The molecule has 4 nitrogen and oxygen atoms in total. The topological polar surface area (TPSA) is 55.2 Å². The third kappa shape index (κ3) is 5.64. The lowest BCUT2D eigenvalue weighted by molar-refractivity contribution is -0.384. The van der Waals surface area contributed by atoms with Crippen molar-refractivity contribution in [3.8, 4) is 0 Å². The van der Waals surface area contributed by atoms with E-state index < -0.39 is 17.5 Å². The minimum Gasteiger partial charge on any atom is -0.382 e. The molecule has 1 atom stereocenters. The Hall–Kier alpha value is -1.50. The minimum atomic E-state index is -4.15. The highest BCUT2D eigenvalue weighted by Gasteiger charge is 2.26. The summed E-state index contributed by atoms with van der Waals surface area (Å²) in [5, 5.41) is 13.6. The molecule has 0 aliphatic carbocycles. The predicted octanol–water partition coefficient (Wildman–Crippen LogP) is 4.78. The molecule has 8 heteroatoms.